The van der Waals surface area contributed by atoms with Crippen molar-refractivity contribution in [1.29, 1.82) is 0 Å². The summed E-state index contributed by atoms with van der Waals surface area (Å²) in [5.41, 5.74) is 1.49. The Morgan fingerprint density at radius 2 is 1.59 bits per heavy atom. The first kappa shape index (κ1) is 16.8. The van der Waals surface area contributed by atoms with E-state index in [1.807, 2.05) is 72.5 Å². The topological polar surface area (TPSA) is 78.1 Å². The van der Waals surface area contributed by atoms with E-state index in [1.54, 1.807) is 12.3 Å². The van der Waals surface area contributed by atoms with E-state index in [-0.39, 0.29) is 11.7 Å². The lowest BCUT2D eigenvalue weighted by atomic mass is 10.0. The van der Waals surface area contributed by atoms with Crippen LogP contribution in [0.4, 0.5) is 22.9 Å². The molecule has 1 heterocycles. The lowest BCUT2D eigenvalue weighted by Crippen LogP contribution is -2.41. The highest BCUT2D eigenvalue weighted by molar-refractivity contribution is 5.83. The van der Waals surface area contributed by atoms with Gasteiger partial charge in [-0.2, -0.15) is 5.10 Å². The third kappa shape index (κ3) is 3.01. The van der Waals surface area contributed by atoms with Gasteiger partial charge in [0, 0.05) is 11.8 Å². The number of rotatable bonds is 6. The van der Waals surface area contributed by atoms with Crippen LogP contribution in [0.25, 0.3) is 0 Å². The third-order valence-electron chi connectivity index (χ3n) is 4.59. The molecular formula is C21H18N4O2. The molecule has 1 aromatic heterocycles. The number of aromatic nitrogens is 2. The minimum Gasteiger partial charge on any atom is -0.335 e. The largest absolute Gasteiger partial charge is 0.335 e. The molecule has 4 aromatic rings. The molecule has 2 N–H and O–H groups in total. The molecule has 27 heavy (non-hydrogen) atoms. The van der Waals surface area contributed by atoms with Gasteiger partial charge in [-0.05, 0) is 24.6 Å². The van der Waals surface area contributed by atoms with Crippen molar-refractivity contribution in [2.24, 2.45) is 0 Å². The number of para-hydroxylation sites is 1. The summed E-state index contributed by atoms with van der Waals surface area (Å²) < 4.78 is 0. The number of aromatic amines is 1. The first-order valence-corrected chi connectivity index (χ1v) is 8.65. The molecule has 0 fully saturated rings. The van der Waals surface area contributed by atoms with Crippen LogP contribution in [0, 0.1) is 0 Å². The fourth-order valence-electron chi connectivity index (χ4n) is 3.20. The van der Waals surface area contributed by atoms with Crippen molar-refractivity contribution in [3.63, 3.8) is 0 Å². The number of H-pyrrole nitrogens is 1. The third-order valence-corrected chi connectivity index (χ3v) is 4.59. The molecule has 0 saturated carbocycles. The molecule has 1 atom stereocenters. The molecule has 0 radical (unpaired) electrons. The van der Waals surface area contributed by atoms with Crippen LogP contribution >= 0.6 is 0 Å². The number of benzene rings is 2. The molecule has 4 rings (SSSR count). The predicted octanol–water partition coefficient (Wildman–Crippen LogP) is 3.65. The molecule has 3 aromatic carbocycles. The van der Waals surface area contributed by atoms with Gasteiger partial charge in [0.2, 0.25) is 0 Å². The number of nitrogens with zero attached hydrogens (tertiary/aromatic N) is 2. The average Bonchev–Trinajstić information content (AvgIpc) is 3.24. The number of hydrogen-bond donors (Lipinski definition) is 2. The summed E-state index contributed by atoms with van der Waals surface area (Å²) in [6, 6.07) is 21.0. The van der Waals surface area contributed by atoms with Gasteiger partial charge in [-0.15, -0.1) is 0 Å². The monoisotopic (exact) mass is 358 g/mol. The summed E-state index contributed by atoms with van der Waals surface area (Å²) in [6.07, 6.45) is 1.58. The van der Waals surface area contributed by atoms with Gasteiger partial charge in [0.15, 0.2) is 0 Å². The van der Waals surface area contributed by atoms with Gasteiger partial charge in [0.25, 0.3) is 10.9 Å². The molecule has 6 nitrogen and oxygen atoms in total. The molecule has 0 aliphatic heterocycles. The van der Waals surface area contributed by atoms with Crippen LogP contribution in [-0.4, -0.2) is 10.2 Å². The van der Waals surface area contributed by atoms with Crippen LogP contribution in [-0.2, 0) is 0 Å². The number of anilines is 4. The van der Waals surface area contributed by atoms with Crippen molar-refractivity contribution in [1.82, 2.24) is 10.2 Å². The standard InChI is InChI=1S/C21H18N4O2/c1-14(15-8-4-2-5-9-15)25(16-10-6-3-7-11-16)19-18(20(26)21(19)27)23-17-12-13-22-24-17/h2-14H,1H3,(H2,22,23,24)/t14-/m1/s1. The Hall–Kier alpha value is -3.67. The Morgan fingerprint density at radius 1 is 0.926 bits per heavy atom. The molecule has 134 valence electrons. The van der Waals surface area contributed by atoms with Crippen LogP contribution in [0.1, 0.15) is 18.5 Å². The van der Waals surface area contributed by atoms with Gasteiger partial charge in [-0.3, -0.25) is 14.7 Å². The minimum absolute atomic E-state index is 0.140. The molecule has 0 spiro atoms. The smallest absolute Gasteiger partial charge is 0.253 e. The molecule has 6 heteroatoms. The Morgan fingerprint density at radius 3 is 2.22 bits per heavy atom. The van der Waals surface area contributed by atoms with E-state index in [0.717, 1.165) is 11.3 Å². The van der Waals surface area contributed by atoms with E-state index in [0.29, 0.717) is 11.5 Å². The molecule has 0 saturated heterocycles. The Labute approximate surface area is 155 Å². The van der Waals surface area contributed by atoms with E-state index < -0.39 is 10.9 Å². The van der Waals surface area contributed by atoms with Crippen molar-refractivity contribution in [2.75, 3.05) is 10.2 Å². The maximum absolute atomic E-state index is 12.5. The Kier molecular flexibility index (Phi) is 4.30. The normalized spacial score (nSPS) is 12.0. The SMILES string of the molecule is C[C@H](c1ccccc1)N(c1ccccc1)c1c(Nc2ccn[nH]2)c(=O)c1=O. The fraction of sp³-hybridized carbons (Fsp3) is 0.0952. The van der Waals surface area contributed by atoms with E-state index in [9.17, 15) is 9.59 Å². The van der Waals surface area contributed by atoms with Gasteiger partial charge in [-0.25, -0.2) is 0 Å². The summed E-state index contributed by atoms with van der Waals surface area (Å²) in [5, 5.41) is 9.62. The second-order valence-electron chi connectivity index (χ2n) is 6.27. The zero-order valence-electron chi connectivity index (χ0n) is 14.7. The van der Waals surface area contributed by atoms with Crippen molar-refractivity contribution >= 4 is 22.9 Å². The summed E-state index contributed by atoms with van der Waals surface area (Å²) in [6.45, 7) is 2.01. The van der Waals surface area contributed by atoms with Gasteiger partial charge >= 0.3 is 0 Å². The van der Waals surface area contributed by atoms with Gasteiger partial charge in [0.1, 0.15) is 17.2 Å². The second-order valence-corrected chi connectivity index (χ2v) is 6.27. The van der Waals surface area contributed by atoms with E-state index >= 15 is 0 Å². The van der Waals surface area contributed by atoms with E-state index in [2.05, 4.69) is 15.5 Å². The number of hydrogen-bond acceptors (Lipinski definition) is 5. The minimum atomic E-state index is -0.527. The van der Waals surface area contributed by atoms with Gasteiger partial charge in [0.05, 0.1) is 12.2 Å². The predicted molar refractivity (Wildman–Crippen MR) is 107 cm³/mol. The molecular weight excluding hydrogens is 340 g/mol. The average molecular weight is 358 g/mol. The zero-order valence-corrected chi connectivity index (χ0v) is 14.7. The fourth-order valence-corrected chi connectivity index (χ4v) is 3.20. The summed E-state index contributed by atoms with van der Waals surface area (Å²) in [5.74, 6) is 0.559. The number of nitrogens with one attached hydrogen (secondary N) is 2. The molecule has 0 unspecified atom stereocenters. The van der Waals surface area contributed by atoms with Crippen molar-refractivity contribution < 1.29 is 0 Å². The summed E-state index contributed by atoms with van der Waals surface area (Å²) >= 11 is 0. The highest BCUT2D eigenvalue weighted by atomic mass is 16.2. The quantitative estimate of drug-likeness (QED) is 0.515. The highest BCUT2D eigenvalue weighted by Gasteiger charge is 2.30. The van der Waals surface area contributed by atoms with Crippen molar-refractivity contribution in [2.45, 2.75) is 13.0 Å². The maximum atomic E-state index is 12.5. The molecule has 0 amide bonds. The lowest BCUT2D eigenvalue weighted by Gasteiger charge is -2.33. The van der Waals surface area contributed by atoms with Crippen molar-refractivity contribution in [3.05, 3.63) is 98.9 Å². The first-order chi connectivity index (χ1) is 13.2. The highest BCUT2D eigenvalue weighted by Crippen LogP contribution is 2.37. The van der Waals surface area contributed by atoms with Crippen LogP contribution < -0.4 is 21.1 Å². The van der Waals surface area contributed by atoms with E-state index in [4.69, 9.17) is 0 Å². The lowest BCUT2D eigenvalue weighted by molar-refractivity contribution is 0.768. The maximum Gasteiger partial charge on any atom is 0.253 e. The molecule has 0 aliphatic rings. The first-order valence-electron chi connectivity index (χ1n) is 8.65. The summed E-state index contributed by atoms with van der Waals surface area (Å²) in [4.78, 5) is 26.7. The van der Waals surface area contributed by atoms with Crippen LogP contribution in [0.3, 0.4) is 0 Å². The Bertz CT molecular complexity index is 1100. The Balaban J connectivity index is 1.82. The van der Waals surface area contributed by atoms with Gasteiger partial charge in [-0.1, -0.05) is 48.5 Å². The van der Waals surface area contributed by atoms with Crippen LogP contribution in [0.15, 0.2) is 82.5 Å². The van der Waals surface area contributed by atoms with Crippen molar-refractivity contribution in [3.8, 4) is 0 Å². The summed E-state index contributed by atoms with van der Waals surface area (Å²) in [7, 11) is 0. The molecule has 0 aliphatic carbocycles. The van der Waals surface area contributed by atoms with E-state index in [1.165, 1.54) is 0 Å². The second kappa shape index (κ2) is 6.92. The van der Waals surface area contributed by atoms with Crippen LogP contribution in [0.5, 0.6) is 0 Å². The molecule has 0 bridgehead atoms. The zero-order chi connectivity index (χ0) is 18.8. The van der Waals surface area contributed by atoms with Crippen LogP contribution in [0.2, 0.25) is 0 Å². The van der Waals surface area contributed by atoms with Gasteiger partial charge < -0.3 is 10.2 Å².